The predicted octanol–water partition coefficient (Wildman–Crippen LogP) is 1.17. The molecule has 10 heteroatoms. The van der Waals surface area contributed by atoms with E-state index in [2.05, 4.69) is 15.4 Å². The van der Waals surface area contributed by atoms with Gasteiger partial charge in [0.2, 0.25) is 10.0 Å². The summed E-state index contributed by atoms with van der Waals surface area (Å²) in [7, 11) is -3.34. The number of nitrogens with one attached hydrogen (secondary N) is 1. The Hall–Kier alpha value is -1.49. The summed E-state index contributed by atoms with van der Waals surface area (Å²) in [5.74, 6) is 1.28. The van der Waals surface area contributed by atoms with Crippen LogP contribution in [0.15, 0.2) is 10.6 Å². The van der Waals surface area contributed by atoms with Gasteiger partial charge in [-0.25, -0.2) is 8.42 Å². The van der Waals surface area contributed by atoms with E-state index < -0.39 is 10.0 Å². The maximum absolute atomic E-state index is 13.1. The van der Waals surface area contributed by atoms with Crippen molar-refractivity contribution >= 4 is 15.9 Å². The van der Waals surface area contributed by atoms with Crippen LogP contribution in [0.5, 0.6) is 0 Å². The first-order valence-corrected chi connectivity index (χ1v) is 13.1. The molecule has 0 spiro atoms. The molecule has 4 rings (SSSR count). The molecule has 9 nitrogen and oxygen atoms in total. The fourth-order valence-electron chi connectivity index (χ4n) is 4.82. The van der Waals surface area contributed by atoms with E-state index >= 15 is 0 Å². The number of carbonyl (C=O) groups excluding carboxylic acids is 1. The van der Waals surface area contributed by atoms with Crippen molar-refractivity contribution in [3.8, 4) is 0 Å². The zero-order valence-corrected chi connectivity index (χ0v) is 19.0. The number of amides is 1. The van der Waals surface area contributed by atoms with Gasteiger partial charge in [0.25, 0.3) is 5.91 Å². The van der Waals surface area contributed by atoms with Gasteiger partial charge in [-0.2, -0.15) is 4.31 Å². The fraction of sp³-hybridized carbons (Fsp3) is 0.810. The lowest BCUT2D eigenvalue weighted by Crippen LogP contribution is -2.52. The van der Waals surface area contributed by atoms with Crippen molar-refractivity contribution in [2.24, 2.45) is 5.92 Å². The number of carbonyl (C=O) groups is 1. The summed E-state index contributed by atoms with van der Waals surface area (Å²) in [5.41, 5.74) is 0.303. The monoisotopic (exact) mass is 454 g/mol. The molecule has 2 saturated heterocycles. The maximum Gasteiger partial charge on any atom is 0.273 e. The van der Waals surface area contributed by atoms with Crippen molar-refractivity contribution in [1.82, 2.24) is 19.7 Å². The molecule has 0 radical (unpaired) electrons. The van der Waals surface area contributed by atoms with Gasteiger partial charge in [0.15, 0.2) is 5.69 Å². The number of aliphatic hydroxyl groups is 1. The normalized spacial score (nSPS) is 26.8. The topological polar surface area (TPSA) is 116 Å². The number of β-amino-alcohol motifs (C(OH)–C–C–N with tert-alkyl or cyclic N) is 1. The molecule has 3 heterocycles. The van der Waals surface area contributed by atoms with Gasteiger partial charge >= 0.3 is 0 Å². The molecule has 174 valence electrons. The SMILES string of the molecule is C[C@@H]1C[C@H](NC(=O)c2cc(C3CC3)on2)CCN1S(=O)(=O)CC1CCN(CCO)CC1. The standard InChI is InChI=1S/C21H34N4O5S/c1-15-12-18(22-21(27)19-13-20(30-23-19)17-2-3-17)6-9-25(15)31(28,29)14-16-4-7-24(8-5-16)10-11-26/h13,15-18,26H,2-12,14H2,1H3,(H,22,27)/t15-,18-/m1/s1. The Morgan fingerprint density at radius 2 is 1.97 bits per heavy atom. The Bertz CT molecular complexity index is 861. The van der Waals surface area contributed by atoms with Gasteiger partial charge in [0.1, 0.15) is 5.76 Å². The Morgan fingerprint density at radius 1 is 1.23 bits per heavy atom. The third-order valence-corrected chi connectivity index (χ3v) is 8.97. The van der Waals surface area contributed by atoms with Crippen LogP contribution in [0, 0.1) is 5.92 Å². The smallest absolute Gasteiger partial charge is 0.273 e. The molecule has 2 aliphatic heterocycles. The zero-order valence-electron chi connectivity index (χ0n) is 18.2. The number of aromatic nitrogens is 1. The minimum absolute atomic E-state index is 0.0725. The summed E-state index contributed by atoms with van der Waals surface area (Å²) in [5, 5.41) is 15.9. The molecule has 1 aliphatic carbocycles. The lowest BCUT2D eigenvalue weighted by molar-refractivity contribution is 0.0905. The average molecular weight is 455 g/mol. The van der Waals surface area contributed by atoms with Crippen molar-refractivity contribution in [3.05, 3.63) is 17.5 Å². The molecule has 3 aliphatic rings. The lowest BCUT2D eigenvalue weighted by Gasteiger charge is -2.38. The second-order valence-corrected chi connectivity index (χ2v) is 11.3. The zero-order chi connectivity index (χ0) is 22.0. The highest BCUT2D eigenvalue weighted by molar-refractivity contribution is 7.89. The first-order chi connectivity index (χ1) is 14.9. The molecule has 3 fully saturated rings. The Labute approximate surface area is 184 Å². The van der Waals surface area contributed by atoms with Crippen LogP contribution in [0.25, 0.3) is 0 Å². The second kappa shape index (κ2) is 9.56. The Balaban J connectivity index is 1.26. The van der Waals surface area contributed by atoms with Crippen molar-refractivity contribution in [2.75, 3.05) is 38.5 Å². The van der Waals surface area contributed by atoms with Gasteiger partial charge < -0.3 is 19.8 Å². The first-order valence-electron chi connectivity index (χ1n) is 11.5. The largest absolute Gasteiger partial charge is 0.395 e. The summed E-state index contributed by atoms with van der Waals surface area (Å²) in [6.07, 6.45) is 5.05. The van der Waals surface area contributed by atoms with Crippen LogP contribution in [0.3, 0.4) is 0 Å². The third-order valence-electron chi connectivity index (χ3n) is 6.82. The van der Waals surface area contributed by atoms with E-state index in [9.17, 15) is 13.2 Å². The van der Waals surface area contributed by atoms with Crippen LogP contribution in [-0.2, 0) is 10.0 Å². The molecule has 0 aromatic carbocycles. The number of hydrogen-bond acceptors (Lipinski definition) is 7. The highest BCUT2D eigenvalue weighted by Gasteiger charge is 2.36. The predicted molar refractivity (Wildman–Crippen MR) is 115 cm³/mol. The highest BCUT2D eigenvalue weighted by atomic mass is 32.2. The van der Waals surface area contributed by atoms with E-state index in [4.69, 9.17) is 9.63 Å². The molecule has 31 heavy (non-hydrogen) atoms. The van der Waals surface area contributed by atoms with E-state index in [0.717, 1.165) is 44.5 Å². The number of aliphatic hydroxyl groups excluding tert-OH is 1. The lowest BCUT2D eigenvalue weighted by atomic mass is 9.99. The molecule has 1 amide bonds. The van der Waals surface area contributed by atoms with E-state index in [1.54, 1.807) is 10.4 Å². The number of nitrogens with zero attached hydrogens (tertiary/aromatic N) is 3. The van der Waals surface area contributed by atoms with E-state index in [-0.39, 0.29) is 36.3 Å². The number of likely N-dealkylation sites (tertiary alicyclic amines) is 1. The third kappa shape index (κ3) is 5.66. The number of sulfonamides is 1. The molecular formula is C21H34N4O5S. The summed E-state index contributed by atoms with van der Waals surface area (Å²) < 4.78 is 33.0. The molecule has 0 unspecified atom stereocenters. The quantitative estimate of drug-likeness (QED) is 0.606. The Kier molecular flexibility index (Phi) is 7.00. The summed E-state index contributed by atoms with van der Waals surface area (Å²) in [6.45, 7) is 4.82. The van der Waals surface area contributed by atoms with Crippen LogP contribution < -0.4 is 5.32 Å². The molecule has 2 N–H and O–H groups in total. The van der Waals surface area contributed by atoms with Crippen LogP contribution >= 0.6 is 0 Å². The van der Waals surface area contributed by atoms with E-state index in [0.29, 0.717) is 37.5 Å². The number of hydrogen-bond donors (Lipinski definition) is 2. The van der Waals surface area contributed by atoms with Gasteiger partial charge in [-0.05, 0) is 64.5 Å². The van der Waals surface area contributed by atoms with Crippen molar-refractivity contribution in [1.29, 1.82) is 0 Å². The first kappa shape index (κ1) is 22.7. The minimum atomic E-state index is -3.34. The van der Waals surface area contributed by atoms with Crippen LogP contribution in [0.4, 0.5) is 0 Å². The minimum Gasteiger partial charge on any atom is -0.395 e. The van der Waals surface area contributed by atoms with E-state index in [1.165, 1.54) is 0 Å². The Morgan fingerprint density at radius 3 is 2.61 bits per heavy atom. The van der Waals surface area contributed by atoms with Crippen molar-refractivity contribution < 1.29 is 22.8 Å². The maximum atomic E-state index is 13.1. The molecule has 1 saturated carbocycles. The summed E-state index contributed by atoms with van der Waals surface area (Å²) in [4.78, 5) is 14.7. The van der Waals surface area contributed by atoms with Crippen molar-refractivity contribution in [2.45, 2.75) is 63.5 Å². The van der Waals surface area contributed by atoms with Gasteiger partial charge in [-0.3, -0.25) is 4.79 Å². The second-order valence-electron chi connectivity index (χ2n) is 9.33. The van der Waals surface area contributed by atoms with Gasteiger partial charge in [0, 0.05) is 37.2 Å². The van der Waals surface area contributed by atoms with Gasteiger partial charge in [-0.15, -0.1) is 0 Å². The molecule has 1 aromatic heterocycles. The van der Waals surface area contributed by atoms with Crippen LogP contribution in [0.1, 0.15) is 67.6 Å². The fourth-order valence-corrected chi connectivity index (χ4v) is 6.96. The van der Waals surface area contributed by atoms with Crippen molar-refractivity contribution in [3.63, 3.8) is 0 Å². The summed E-state index contributed by atoms with van der Waals surface area (Å²) in [6, 6.07) is 1.50. The average Bonchev–Trinajstić information content (AvgIpc) is 3.45. The molecule has 1 aromatic rings. The number of piperidine rings is 2. The summed E-state index contributed by atoms with van der Waals surface area (Å²) >= 11 is 0. The molecule has 2 atom stereocenters. The number of rotatable bonds is 8. The highest BCUT2D eigenvalue weighted by Crippen LogP contribution is 2.40. The van der Waals surface area contributed by atoms with E-state index in [1.807, 2.05) is 6.92 Å². The van der Waals surface area contributed by atoms with Gasteiger partial charge in [-0.1, -0.05) is 5.16 Å². The molecule has 0 bridgehead atoms. The molecular weight excluding hydrogens is 420 g/mol. The van der Waals surface area contributed by atoms with Gasteiger partial charge in [0.05, 0.1) is 12.4 Å². The van der Waals surface area contributed by atoms with Crippen LogP contribution in [-0.4, -0.2) is 84.4 Å². The van der Waals surface area contributed by atoms with Crippen LogP contribution in [0.2, 0.25) is 0 Å².